The number of allylic oxidation sites excluding steroid dienone is 6. The number of halogens is 1. The molecule has 1 aromatic heterocycles. The van der Waals surface area contributed by atoms with Crippen LogP contribution >= 0.6 is 11.6 Å². The van der Waals surface area contributed by atoms with Gasteiger partial charge in [0.25, 0.3) is 0 Å². The van der Waals surface area contributed by atoms with E-state index in [4.69, 9.17) is 21.6 Å². The van der Waals surface area contributed by atoms with Gasteiger partial charge in [0, 0.05) is 57.1 Å². The Morgan fingerprint density at radius 2 is 1.67 bits per heavy atom. The summed E-state index contributed by atoms with van der Waals surface area (Å²) in [5.41, 5.74) is 2.88. The van der Waals surface area contributed by atoms with Crippen LogP contribution in [0.5, 0.6) is 5.75 Å². The zero-order valence-electron chi connectivity index (χ0n) is 33.4. The number of ketones is 2. The molecular formula is C45H55ClN6O5. The summed E-state index contributed by atoms with van der Waals surface area (Å²) >= 11 is 6.95. The van der Waals surface area contributed by atoms with Crippen molar-refractivity contribution >= 4 is 46.7 Å². The second-order valence-corrected chi connectivity index (χ2v) is 18.6. The molecule has 0 spiro atoms. The van der Waals surface area contributed by atoms with Gasteiger partial charge in [-0.3, -0.25) is 14.5 Å². The van der Waals surface area contributed by atoms with Gasteiger partial charge in [-0.25, -0.2) is 4.79 Å². The van der Waals surface area contributed by atoms with E-state index in [0.717, 1.165) is 77.5 Å². The summed E-state index contributed by atoms with van der Waals surface area (Å²) in [5.74, 6) is 1.72. The Hall–Kier alpha value is -4.22. The SMILES string of the molecule is C[C@@H]1CC2C3CCC4=CC(=O)C=C[C@]4(C)C3=CC[C@]2(C)[C@H]1C(=O)CN1CCN(c2nc(N3CCCC3)nc(N3CCCC3)c2O)CC1c1cccc(C(=O)O)c1Cl. The molecule has 2 N–H and O–H groups in total. The normalized spacial score (nSPS) is 32.5. The molecule has 12 heteroatoms. The largest absolute Gasteiger partial charge is 0.502 e. The van der Waals surface area contributed by atoms with Crippen LogP contribution in [0.15, 0.2) is 53.6 Å². The van der Waals surface area contributed by atoms with E-state index in [2.05, 4.69) is 52.5 Å². The average Bonchev–Trinajstić information content (AvgIpc) is 3.97. The van der Waals surface area contributed by atoms with E-state index >= 15 is 0 Å². The molecule has 7 atom stereocenters. The van der Waals surface area contributed by atoms with Crippen LogP contribution < -0.4 is 14.7 Å². The van der Waals surface area contributed by atoms with Crippen LogP contribution in [0.3, 0.4) is 0 Å². The minimum atomic E-state index is -1.10. The first-order chi connectivity index (χ1) is 27.4. The number of carbonyl (C=O) groups is 3. The van der Waals surface area contributed by atoms with Crippen LogP contribution in [0.25, 0.3) is 0 Å². The van der Waals surface area contributed by atoms with Gasteiger partial charge in [0.05, 0.1) is 23.2 Å². The van der Waals surface area contributed by atoms with Crippen molar-refractivity contribution in [2.45, 2.75) is 78.2 Å². The van der Waals surface area contributed by atoms with Gasteiger partial charge in [-0.15, -0.1) is 0 Å². The third-order valence-electron chi connectivity index (χ3n) is 15.0. The molecular weight excluding hydrogens is 740 g/mol. The Labute approximate surface area is 340 Å². The topological polar surface area (TPSA) is 130 Å². The fourth-order valence-electron chi connectivity index (χ4n) is 12.2. The highest BCUT2D eigenvalue weighted by atomic mass is 35.5. The number of piperazine rings is 1. The highest BCUT2D eigenvalue weighted by molar-refractivity contribution is 6.34. The first-order valence-electron chi connectivity index (χ1n) is 21.2. The Morgan fingerprint density at radius 1 is 0.965 bits per heavy atom. The first-order valence-corrected chi connectivity index (χ1v) is 21.5. The number of anilines is 3. The number of carboxylic acids is 1. The average molecular weight is 795 g/mol. The summed E-state index contributed by atoms with van der Waals surface area (Å²) in [5, 5.41) is 22.1. The summed E-state index contributed by atoms with van der Waals surface area (Å²) in [6.07, 6.45) is 16.0. The predicted molar refractivity (Wildman–Crippen MR) is 221 cm³/mol. The van der Waals surface area contributed by atoms with Gasteiger partial charge in [0.15, 0.2) is 23.2 Å². The Morgan fingerprint density at radius 3 is 2.39 bits per heavy atom. The number of hydrogen-bond donors (Lipinski definition) is 2. The number of hydrogen-bond acceptors (Lipinski definition) is 10. The number of aromatic hydroxyl groups is 1. The number of Topliss-reactive ketones (excluding diaryl/α,β-unsaturated/α-hetero) is 1. The van der Waals surface area contributed by atoms with Crippen molar-refractivity contribution in [1.29, 1.82) is 0 Å². The maximum atomic E-state index is 15.0. The molecule has 0 radical (unpaired) electrons. The van der Waals surface area contributed by atoms with Gasteiger partial charge >= 0.3 is 5.97 Å². The van der Waals surface area contributed by atoms with Gasteiger partial charge in [-0.05, 0) is 105 Å². The lowest BCUT2D eigenvalue weighted by Crippen LogP contribution is -2.52. The van der Waals surface area contributed by atoms with Crippen LogP contribution in [-0.2, 0) is 9.59 Å². The molecule has 2 saturated carbocycles. The molecule has 3 aliphatic heterocycles. The minimum absolute atomic E-state index is 0.0241. The van der Waals surface area contributed by atoms with Crippen LogP contribution in [0.2, 0.25) is 5.02 Å². The standard InChI is InChI=1S/C45H55ClN6O5/c1-27-23-34-30-12-11-28-24-29(53)13-15-44(28,2)33(30)14-16-45(34,3)37(27)36(54)26-51-21-22-52(25-35(51)31-9-8-10-32(38(31)46)42(56)57)41-39(55)40(49-17-4-5-18-49)47-43(48-41)50-19-6-7-20-50/h8-10,13-15,24,27,30,34-35,37,55H,4-7,11-12,16-23,25-26H2,1-3H3,(H,56,57)/t27-,30?,34?,35?,37-,44+,45+/m1/s1. The minimum Gasteiger partial charge on any atom is -0.502 e. The Kier molecular flexibility index (Phi) is 9.78. The first kappa shape index (κ1) is 38.3. The van der Waals surface area contributed by atoms with Crippen LogP contribution in [-0.4, -0.2) is 95.0 Å². The summed E-state index contributed by atoms with van der Waals surface area (Å²) in [6.45, 7) is 11.8. The van der Waals surface area contributed by atoms with E-state index in [1.54, 1.807) is 12.1 Å². The molecule has 3 unspecified atom stereocenters. The van der Waals surface area contributed by atoms with E-state index in [1.165, 1.54) is 17.2 Å². The van der Waals surface area contributed by atoms with E-state index in [0.29, 0.717) is 54.6 Å². The third-order valence-corrected chi connectivity index (χ3v) is 15.5. The Balaban J connectivity index is 1.03. The summed E-state index contributed by atoms with van der Waals surface area (Å²) in [6, 6.07) is 4.68. The number of carboxylic acid groups (broad SMARTS) is 1. The van der Waals surface area contributed by atoms with Gasteiger partial charge in [0.1, 0.15) is 0 Å². The lowest BCUT2D eigenvalue weighted by molar-refractivity contribution is -0.130. The predicted octanol–water partition coefficient (Wildman–Crippen LogP) is 7.26. The van der Waals surface area contributed by atoms with Crippen molar-refractivity contribution in [1.82, 2.24) is 14.9 Å². The van der Waals surface area contributed by atoms with Crippen molar-refractivity contribution < 1.29 is 24.6 Å². The van der Waals surface area contributed by atoms with Gasteiger partial charge < -0.3 is 24.9 Å². The molecule has 4 aliphatic carbocycles. The number of benzene rings is 1. The summed E-state index contributed by atoms with van der Waals surface area (Å²) < 4.78 is 0. The molecule has 302 valence electrons. The van der Waals surface area contributed by atoms with Crippen molar-refractivity contribution in [3.05, 3.63) is 69.8 Å². The fraction of sp³-hybridized carbons (Fsp3) is 0.578. The van der Waals surface area contributed by atoms with Crippen molar-refractivity contribution in [2.75, 3.05) is 67.1 Å². The number of rotatable bonds is 8. The smallest absolute Gasteiger partial charge is 0.337 e. The molecule has 0 amide bonds. The van der Waals surface area contributed by atoms with Crippen LogP contribution in [0, 0.1) is 34.5 Å². The third kappa shape index (κ3) is 6.38. The molecule has 1 aromatic carbocycles. The van der Waals surface area contributed by atoms with Gasteiger partial charge in [-0.2, -0.15) is 9.97 Å². The zero-order valence-corrected chi connectivity index (χ0v) is 34.2. The molecule has 2 aromatic rings. The molecule has 3 saturated heterocycles. The summed E-state index contributed by atoms with van der Waals surface area (Å²) in [7, 11) is 0. The van der Waals surface area contributed by atoms with E-state index in [1.807, 2.05) is 12.1 Å². The molecule has 7 aliphatic rings. The second kappa shape index (κ2) is 14.6. The number of carbonyl (C=O) groups excluding carboxylic acids is 2. The highest BCUT2D eigenvalue weighted by Gasteiger charge is 2.59. The van der Waals surface area contributed by atoms with Crippen LogP contribution in [0.1, 0.15) is 94.1 Å². The van der Waals surface area contributed by atoms with E-state index in [9.17, 15) is 24.6 Å². The second-order valence-electron chi connectivity index (χ2n) is 18.2. The number of aromatic carboxylic acids is 1. The van der Waals surface area contributed by atoms with Gasteiger partial charge in [0.2, 0.25) is 11.7 Å². The summed E-state index contributed by atoms with van der Waals surface area (Å²) in [4.78, 5) is 58.1. The van der Waals surface area contributed by atoms with Crippen molar-refractivity contribution in [3.8, 4) is 5.75 Å². The molecule has 0 bridgehead atoms. The monoisotopic (exact) mass is 794 g/mol. The lowest BCUT2D eigenvalue weighted by Gasteiger charge is -2.52. The number of aromatic nitrogens is 2. The van der Waals surface area contributed by atoms with Crippen molar-refractivity contribution in [2.24, 2.45) is 34.5 Å². The van der Waals surface area contributed by atoms with Crippen molar-refractivity contribution in [3.63, 3.8) is 0 Å². The quantitative estimate of drug-likeness (QED) is 0.262. The number of fused-ring (bicyclic) bond motifs is 5. The van der Waals surface area contributed by atoms with E-state index in [-0.39, 0.29) is 57.1 Å². The Bertz CT molecular complexity index is 2090. The zero-order chi connectivity index (χ0) is 39.8. The molecule has 9 rings (SSSR count). The molecule has 4 heterocycles. The lowest BCUT2D eigenvalue weighted by atomic mass is 9.52. The van der Waals surface area contributed by atoms with E-state index < -0.39 is 12.0 Å². The highest BCUT2D eigenvalue weighted by Crippen LogP contribution is 2.65. The van der Waals surface area contributed by atoms with Gasteiger partial charge in [-0.1, -0.05) is 60.9 Å². The van der Waals surface area contributed by atoms with Crippen LogP contribution in [0.4, 0.5) is 17.6 Å². The number of nitrogens with zero attached hydrogens (tertiary/aromatic N) is 6. The maximum Gasteiger partial charge on any atom is 0.337 e. The fourth-order valence-corrected chi connectivity index (χ4v) is 12.5. The molecule has 11 nitrogen and oxygen atoms in total. The molecule has 57 heavy (non-hydrogen) atoms. The maximum absolute atomic E-state index is 15.0. The molecule has 5 fully saturated rings.